The zero-order chi connectivity index (χ0) is 17.6. The van der Waals surface area contributed by atoms with Crippen LogP contribution in [0, 0.1) is 11.8 Å². The Kier molecular flexibility index (Phi) is 7.86. The van der Waals surface area contributed by atoms with Gasteiger partial charge in [-0.1, -0.05) is 50.0 Å². The molecule has 0 spiro atoms. The van der Waals surface area contributed by atoms with Crippen LogP contribution in [0.4, 0.5) is 0 Å². The van der Waals surface area contributed by atoms with Crippen LogP contribution in [0.15, 0.2) is 18.2 Å². The van der Waals surface area contributed by atoms with Gasteiger partial charge in [0.25, 0.3) is 0 Å². The van der Waals surface area contributed by atoms with E-state index in [0.717, 1.165) is 5.56 Å². The quantitative estimate of drug-likeness (QED) is 0.751. The van der Waals surface area contributed by atoms with Gasteiger partial charge < -0.3 is 10.1 Å². The molecule has 23 heavy (non-hydrogen) atoms. The molecular formula is C17H23Cl2NO3. The summed E-state index contributed by atoms with van der Waals surface area (Å²) in [4.78, 5) is 24.1. The number of hydrogen-bond donors (Lipinski definition) is 1. The number of rotatable bonds is 7. The van der Waals surface area contributed by atoms with Gasteiger partial charge in [0, 0.05) is 16.0 Å². The van der Waals surface area contributed by atoms with Crippen LogP contribution in [0.1, 0.15) is 32.8 Å². The summed E-state index contributed by atoms with van der Waals surface area (Å²) in [5.74, 6) is -0.691. The Morgan fingerprint density at radius 2 is 1.87 bits per heavy atom. The average Bonchev–Trinajstić information content (AvgIpc) is 2.47. The number of amides is 1. The van der Waals surface area contributed by atoms with Crippen LogP contribution < -0.4 is 5.32 Å². The topological polar surface area (TPSA) is 55.4 Å². The van der Waals surface area contributed by atoms with E-state index < -0.39 is 12.0 Å². The van der Waals surface area contributed by atoms with Crippen LogP contribution in [0.2, 0.25) is 10.0 Å². The summed E-state index contributed by atoms with van der Waals surface area (Å²) in [7, 11) is 1.32. The second-order valence-electron chi connectivity index (χ2n) is 6.05. The number of methoxy groups -OCH3 is 1. The lowest BCUT2D eigenvalue weighted by Gasteiger charge is -2.21. The van der Waals surface area contributed by atoms with Crippen molar-refractivity contribution in [1.29, 1.82) is 0 Å². The summed E-state index contributed by atoms with van der Waals surface area (Å²) < 4.78 is 4.76. The van der Waals surface area contributed by atoms with E-state index in [0.29, 0.717) is 22.9 Å². The molecule has 1 aromatic carbocycles. The molecule has 1 amide bonds. The third-order valence-electron chi connectivity index (χ3n) is 3.50. The average molecular weight is 360 g/mol. The number of carbonyl (C=O) groups is 2. The number of halogens is 2. The Labute approximate surface area is 147 Å². The summed E-state index contributed by atoms with van der Waals surface area (Å²) in [5.41, 5.74) is 0.845. The minimum atomic E-state index is -0.629. The van der Waals surface area contributed by atoms with E-state index in [1.165, 1.54) is 7.11 Å². The van der Waals surface area contributed by atoms with Crippen molar-refractivity contribution in [3.63, 3.8) is 0 Å². The highest BCUT2D eigenvalue weighted by molar-refractivity contribution is 6.35. The molecule has 2 atom stereocenters. The van der Waals surface area contributed by atoms with Crippen molar-refractivity contribution in [2.24, 2.45) is 11.8 Å². The molecule has 0 heterocycles. The second-order valence-corrected chi connectivity index (χ2v) is 6.90. The Hall–Kier alpha value is -1.26. The van der Waals surface area contributed by atoms with E-state index >= 15 is 0 Å². The monoisotopic (exact) mass is 359 g/mol. The Balaban J connectivity index is 2.72. The molecule has 2 unspecified atom stereocenters. The summed E-state index contributed by atoms with van der Waals surface area (Å²) in [6, 6.07) is 4.57. The third kappa shape index (κ3) is 6.40. The summed E-state index contributed by atoms with van der Waals surface area (Å²) in [6.07, 6.45) is 1.00. The minimum absolute atomic E-state index is 0.202. The van der Waals surface area contributed by atoms with Crippen LogP contribution in [-0.4, -0.2) is 25.0 Å². The zero-order valence-corrected chi connectivity index (χ0v) is 15.4. The molecule has 0 aliphatic rings. The predicted octanol–water partition coefficient (Wildman–Crippen LogP) is 3.88. The van der Waals surface area contributed by atoms with Gasteiger partial charge in [0.15, 0.2) is 0 Å². The molecule has 0 fully saturated rings. The fourth-order valence-electron chi connectivity index (χ4n) is 2.25. The maximum atomic E-state index is 12.3. The van der Waals surface area contributed by atoms with Gasteiger partial charge in [-0.3, -0.25) is 4.79 Å². The molecule has 4 nitrogen and oxygen atoms in total. The van der Waals surface area contributed by atoms with E-state index in [-0.39, 0.29) is 17.7 Å². The van der Waals surface area contributed by atoms with Crippen LogP contribution in [0.3, 0.4) is 0 Å². The standard InChI is InChI=1S/C17H23Cl2NO3/c1-10(2)7-15(17(22)23-4)20-16(21)11(3)8-12-5-6-13(18)9-14(12)19/h5-6,9-11,15H,7-8H2,1-4H3,(H,20,21). The van der Waals surface area contributed by atoms with E-state index in [1.807, 2.05) is 13.8 Å². The lowest BCUT2D eigenvalue weighted by atomic mass is 9.98. The van der Waals surface area contributed by atoms with Gasteiger partial charge in [-0.15, -0.1) is 0 Å². The highest BCUT2D eigenvalue weighted by Gasteiger charge is 2.25. The van der Waals surface area contributed by atoms with E-state index in [9.17, 15) is 9.59 Å². The van der Waals surface area contributed by atoms with Crippen LogP contribution in [0.5, 0.6) is 0 Å². The number of benzene rings is 1. The molecule has 0 radical (unpaired) electrons. The molecular weight excluding hydrogens is 337 g/mol. The maximum Gasteiger partial charge on any atom is 0.328 e. The van der Waals surface area contributed by atoms with Crippen LogP contribution in [-0.2, 0) is 20.7 Å². The third-order valence-corrected chi connectivity index (χ3v) is 4.09. The van der Waals surface area contributed by atoms with Gasteiger partial charge in [-0.25, -0.2) is 4.79 Å². The minimum Gasteiger partial charge on any atom is -0.467 e. The normalized spacial score (nSPS) is 13.5. The Morgan fingerprint density at radius 3 is 2.39 bits per heavy atom. The first kappa shape index (κ1) is 19.8. The molecule has 0 aliphatic carbocycles. The smallest absolute Gasteiger partial charge is 0.328 e. The van der Waals surface area contributed by atoms with E-state index in [4.69, 9.17) is 27.9 Å². The molecule has 1 N–H and O–H groups in total. The highest BCUT2D eigenvalue weighted by atomic mass is 35.5. The van der Waals surface area contributed by atoms with Crippen molar-refractivity contribution in [3.05, 3.63) is 33.8 Å². The first-order valence-corrected chi connectivity index (χ1v) is 8.32. The molecule has 0 saturated carbocycles. The SMILES string of the molecule is COC(=O)C(CC(C)C)NC(=O)C(C)Cc1ccc(Cl)cc1Cl. The maximum absolute atomic E-state index is 12.3. The van der Waals surface area contributed by atoms with Crippen molar-refractivity contribution in [2.45, 2.75) is 39.7 Å². The molecule has 1 aromatic rings. The van der Waals surface area contributed by atoms with Crippen molar-refractivity contribution in [1.82, 2.24) is 5.32 Å². The van der Waals surface area contributed by atoms with Gasteiger partial charge in [-0.2, -0.15) is 0 Å². The Bertz CT molecular complexity index is 561. The highest BCUT2D eigenvalue weighted by Crippen LogP contribution is 2.23. The molecule has 0 saturated heterocycles. The Morgan fingerprint density at radius 1 is 1.22 bits per heavy atom. The molecule has 1 rings (SSSR count). The van der Waals surface area contributed by atoms with Gasteiger partial charge in [0.1, 0.15) is 6.04 Å². The van der Waals surface area contributed by atoms with Gasteiger partial charge in [0.2, 0.25) is 5.91 Å². The van der Waals surface area contributed by atoms with Gasteiger partial charge >= 0.3 is 5.97 Å². The fraction of sp³-hybridized carbons (Fsp3) is 0.529. The van der Waals surface area contributed by atoms with Crippen LogP contribution >= 0.6 is 23.2 Å². The number of nitrogens with one attached hydrogen (secondary N) is 1. The summed E-state index contributed by atoms with van der Waals surface area (Å²) in [6.45, 7) is 5.77. The lowest BCUT2D eigenvalue weighted by Crippen LogP contribution is -2.44. The first-order valence-electron chi connectivity index (χ1n) is 7.56. The first-order chi connectivity index (χ1) is 10.7. The van der Waals surface area contributed by atoms with Crippen molar-refractivity contribution < 1.29 is 14.3 Å². The van der Waals surface area contributed by atoms with Crippen LogP contribution in [0.25, 0.3) is 0 Å². The number of esters is 1. The zero-order valence-electron chi connectivity index (χ0n) is 13.9. The van der Waals surface area contributed by atoms with Crippen molar-refractivity contribution >= 4 is 35.1 Å². The molecule has 0 aliphatic heterocycles. The number of ether oxygens (including phenoxy) is 1. The fourth-order valence-corrected chi connectivity index (χ4v) is 2.74. The molecule has 0 bridgehead atoms. The second kappa shape index (κ2) is 9.14. The summed E-state index contributed by atoms with van der Waals surface area (Å²) in [5, 5.41) is 3.85. The number of hydrogen-bond acceptors (Lipinski definition) is 3. The molecule has 6 heteroatoms. The largest absolute Gasteiger partial charge is 0.467 e. The number of carbonyl (C=O) groups excluding carboxylic acids is 2. The molecule has 0 aromatic heterocycles. The van der Waals surface area contributed by atoms with E-state index in [1.54, 1.807) is 25.1 Å². The summed E-state index contributed by atoms with van der Waals surface area (Å²) >= 11 is 12.0. The van der Waals surface area contributed by atoms with Gasteiger partial charge in [-0.05, 0) is 36.5 Å². The molecule has 128 valence electrons. The lowest BCUT2D eigenvalue weighted by molar-refractivity contribution is -0.146. The van der Waals surface area contributed by atoms with Crippen molar-refractivity contribution in [3.8, 4) is 0 Å². The predicted molar refractivity (Wildman–Crippen MR) is 92.7 cm³/mol. The van der Waals surface area contributed by atoms with Crippen molar-refractivity contribution in [2.75, 3.05) is 7.11 Å². The van der Waals surface area contributed by atoms with E-state index in [2.05, 4.69) is 5.32 Å². The van der Waals surface area contributed by atoms with Gasteiger partial charge in [0.05, 0.1) is 7.11 Å².